The number of halogens is 1. The van der Waals surface area contributed by atoms with Crippen LogP contribution in [0, 0.1) is 0 Å². The molecule has 278 valence electrons. The smallest absolute Gasteiger partial charge is 0.455 e. The lowest BCUT2D eigenvalue weighted by molar-refractivity contribution is -0.166. The number of benzene rings is 1. The fourth-order valence-corrected chi connectivity index (χ4v) is 6.40. The van der Waals surface area contributed by atoms with Crippen molar-refractivity contribution in [2.45, 2.75) is 96.4 Å². The van der Waals surface area contributed by atoms with Crippen LogP contribution in [0.1, 0.15) is 72.8 Å². The van der Waals surface area contributed by atoms with Crippen molar-refractivity contribution in [2.24, 2.45) is 5.11 Å². The topological polar surface area (TPSA) is 235 Å². The van der Waals surface area contributed by atoms with Crippen molar-refractivity contribution in [1.82, 2.24) is 9.55 Å². The van der Waals surface area contributed by atoms with Gasteiger partial charge in [-0.3, -0.25) is 22.9 Å². The number of carbonyl (C=O) groups is 3. The van der Waals surface area contributed by atoms with Gasteiger partial charge in [0.05, 0.1) is 19.3 Å². The molecule has 2 aliphatic rings. The number of aromatic nitrogens is 2. The molecule has 2 fully saturated rings. The van der Waals surface area contributed by atoms with Gasteiger partial charge in [-0.25, -0.2) is 18.9 Å². The molecule has 51 heavy (non-hydrogen) atoms. The molecule has 1 aromatic heterocycles. The average Bonchev–Trinajstić information content (AvgIpc) is 3.26. The molecule has 0 bridgehead atoms. The summed E-state index contributed by atoms with van der Waals surface area (Å²) in [4.78, 5) is 57.4. The molecule has 0 amide bonds. The molecule has 2 aliphatic heterocycles. The van der Waals surface area contributed by atoms with Crippen LogP contribution in [0.2, 0.25) is 5.02 Å². The number of hydrogen-bond acceptors (Lipinski definition) is 16. The van der Waals surface area contributed by atoms with Crippen LogP contribution in [-0.2, 0) is 46.6 Å². The highest BCUT2D eigenvalue weighted by Gasteiger charge is 2.62. The number of hydrogen-bond donors (Lipinski definition) is 0. The van der Waals surface area contributed by atoms with E-state index >= 15 is 0 Å². The zero-order valence-corrected chi connectivity index (χ0v) is 30.3. The number of nitrogens with zero attached hydrogens (tertiary/aromatic N) is 5. The molecular formula is C30H37ClN5O14P. The van der Waals surface area contributed by atoms with Gasteiger partial charge < -0.3 is 28.4 Å². The second-order valence-electron chi connectivity index (χ2n) is 13.1. The maximum atomic E-state index is 13.7. The van der Waals surface area contributed by atoms with Crippen molar-refractivity contribution in [2.75, 3.05) is 13.2 Å². The van der Waals surface area contributed by atoms with E-state index in [2.05, 4.69) is 15.0 Å². The summed E-state index contributed by atoms with van der Waals surface area (Å²) in [6, 6.07) is 7.71. The lowest BCUT2D eigenvalue weighted by Gasteiger charge is -2.33. The zero-order chi connectivity index (χ0) is 37.8. The Balaban J connectivity index is 1.72. The highest BCUT2D eigenvalue weighted by atomic mass is 35.5. The molecule has 0 N–H and O–H groups in total. The number of phosphoric acid groups is 1. The number of ether oxygens (including phenoxy) is 6. The van der Waals surface area contributed by atoms with E-state index in [4.69, 9.17) is 53.6 Å². The van der Waals surface area contributed by atoms with Crippen LogP contribution in [-0.4, -0.2) is 70.2 Å². The number of azide groups is 1. The van der Waals surface area contributed by atoms with E-state index in [1.165, 1.54) is 0 Å². The largest absolute Gasteiger partial charge is 0.515 e. The van der Waals surface area contributed by atoms with E-state index in [0.717, 1.165) is 23.8 Å². The van der Waals surface area contributed by atoms with Crippen LogP contribution >= 0.6 is 19.4 Å². The van der Waals surface area contributed by atoms with E-state index in [1.807, 2.05) is 0 Å². The van der Waals surface area contributed by atoms with Gasteiger partial charge in [-0.15, -0.1) is 0 Å². The van der Waals surface area contributed by atoms with E-state index in [1.54, 1.807) is 65.8 Å². The van der Waals surface area contributed by atoms with Gasteiger partial charge in [0, 0.05) is 35.5 Å². The molecule has 1 aromatic carbocycles. The SMILES string of the molecule is CC(=O)O[C@H]1[C@@H](OC(=O)OC(C)(C)C)[C@H](n2ccc(OC(=O)OC(C)(C)C)nc2=O)O[C@@]1(CO[P@@]1(=O)OCC[C@@H](c2cccc(Cl)c2)O1)N=[N+]=[N-]. The van der Waals surface area contributed by atoms with Gasteiger partial charge in [0.2, 0.25) is 11.6 Å². The summed E-state index contributed by atoms with van der Waals surface area (Å²) in [6.45, 7) is 9.38. The molecule has 0 aliphatic carbocycles. The summed E-state index contributed by atoms with van der Waals surface area (Å²) in [6.07, 6.45) is -7.35. The molecule has 4 rings (SSSR count). The summed E-state index contributed by atoms with van der Waals surface area (Å²) in [5.41, 5.74) is 4.63. The van der Waals surface area contributed by atoms with Gasteiger partial charge in [-0.1, -0.05) is 28.8 Å². The third kappa shape index (κ3) is 10.6. The second kappa shape index (κ2) is 15.6. The monoisotopic (exact) mass is 757 g/mol. The minimum absolute atomic E-state index is 0.0804. The van der Waals surface area contributed by atoms with Crippen molar-refractivity contribution < 1.29 is 60.9 Å². The Morgan fingerprint density at radius 2 is 1.80 bits per heavy atom. The van der Waals surface area contributed by atoms with Crippen molar-refractivity contribution in [1.29, 1.82) is 0 Å². The Morgan fingerprint density at radius 3 is 2.41 bits per heavy atom. The molecule has 0 spiro atoms. The molecular weight excluding hydrogens is 721 g/mol. The molecule has 0 saturated carbocycles. The van der Waals surface area contributed by atoms with Crippen LogP contribution in [0.4, 0.5) is 9.59 Å². The average molecular weight is 758 g/mol. The van der Waals surface area contributed by atoms with Gasteiger partial charge >= 0.3 is 31.8 Å². The summed E-state index contributed by atoms with van der Waals surface area (Å²) in [5, 5.41) is 4.08. The fraction of sp³-hybridized carbons (Fsp3) is 0.567. The van der Waals surface area contributed by atoms with Crippen LogP contribution < -0.4 is 10.4 Å². The highest BCUT2D eigenvalue weighted by molar-refractivity contribution is 7.48. The lowest BCUT2D eigenvalue weighted by atomic mass is 10.1. The second-order valence-corrected chi connectivity index (χ2v) is 15.2. The minimum Gasteiger partial charge on any atom is -0.455 e. The first-order valence-electron chi connectivity index (χ1n) is 15.4. The summed E-state index contributed by atoms with van der Waals surface area (Å²) in [7, 11) is -4.46. The zero-order valence-electron chi connectivity index (χ0n) is 28.7. The Labute approximate surface area is 296 Å². The van der Waals surface area contributed by atoms with E-state index in [0.29, 0.717) is 10.6 Å². The van der Waals surface area contributed by atoms with Gasteiger partial charge in [0.1, 0.15) is 11.2 Å². The maximum absolute atomic E-state index is 13.7. The molecule has 19 nitrogen and oxygen atoms in total. The predicted octanol–water partition coefficient (Wildman–Crippen LogP) is 6.30. The molecule has 21 heteroatoms. The van der Waals surface area contributed by atoms with Crippen molar-refractivity contribution in [3.63, 3.8) is 0 Å². The first kappa shape index (κ1) is 39.6. The predicted molar refractivity (Wildman–Crippen MR) is 173 cm³/mol. The summed E-state index contributed by atoms with van der Waals surface area (Å²) < 4.78 is 63.6. The van der Waals surface area contributed by atoms with Gasteiger partial charge in [-0.05, 0) is 64.8 Å². The quantitative estimate of drug-likeness (QED) is 0.0681. The Kier molecular flexibility index (Phi) is 12.1. The first-order valence-corrected chi connectivity index (χ1v) is 17.2. The van der Waals surface area contributed by atoms with Crippen molar-refractivity contribution >= 4 is 37.7 Å². The Morgan fingerprint density at radius 1 is 1.12 bits per heavy atom. The highest BCUT2D eigenvalue weighted by Crippen LogP contribution is 2.58. The molecule has 0 unspecified atom stereocenters. The van der Waals surface area contributed by atoms with E-state index < -0.39 is 85.7 Å². The molecule has 6 atom stereocenters. The standard InChI is InChI=1S/C30H37ClN5O14P/c1-17(37)44-23-22(46-27(40)49-29(5,6)7)24(36-13-11-21(33-25(36)38)45-26(39)48-28(2,3)4)47-30(23,34-35-32)16-43-51(41)42-14-12-20(50-51)18-9-8-10-19(31)15-18/h8-11,13,15,20,22-24H,12,14,16H2,1-7H3/t20-,22+,23-,24+,30+,51+/m0/s1. The number of phosphoric ester groups is 1. The van der Waals surface area contributed by atoms with Gasteiger partial charge in [0.15, 0.2) is 18.4 Å². The summed E-state index contributed by atoms with van der Waals surface area (Å²) >= 11 is 6.11. The van der Waals surface area contributed by atoms with Crippen LogP contribution in [0.15, 0.2) is 46.4 Å². The van der Waals surface area contributed by atoms with Gasteiger partial charge in [-0.2, -0.15) is 4.98 Å². The molecule has 2 saturated heterocycles. The van der Waals surface area contributed by atoms with Crippen LogP contribution in [0.5, 0.6) is 5.88 Å². The third-order valence-electron chi connectivity index (χ3n) is 6.67. The maximum Gasteiger partial charge on any atom is 0.515 e. The molecule has 0 radical (unpaired) electrons. The molecule has 2 aromatic rings. The van der Waals surface area contributed by atoms with Crippen molar-refractivity contribution in [3.8, 4) is 5.88 Å². The van der Waals surface area contributed by atoms with Gasteiger partial charge in [0.25, 0.3) is 0 Å². The lowest BCUT2D eigenvalue weighted by Crippen LogP contribution is -2.49. The van der Waals surface area contributed by atoms with Crippen LogP contribution in [0.3, 0.4) is 0 Å². The fourth-order valence-electron chi connectivity index (χ4n) is 4.80. The number of carbonyl (C=O) groups excluding carboxylic acids is 3. The first-order chi connectivity index (χ1) is 23.7. The van der Waals surface area contributed by atoms with E-state index in [9.17, 15) is 29.3 Å². The van der Waals surface area contributed by atoms with Crippen LogP contribution in [0.25, 0.3) is 10.4 Å². The number of esters is 1. The number of rotatable bonds is 9. The molecule has 3 heterocycles. The Hall–Kier alpha value is -4.22. The van der Waals surface area contributed by atoms with E-state index in [-0.39, 0.29) is 13.0 Å². The normalized spacial score (nSPS) is 26.4. The Bertz CT molecular complexity index is 1790. The minimum atomic E-state index is -4.46. The van der Waals surface area contributed by atoms with Crippen molar-refractivity contribution in [3.05, 3.63) is 68.0 Å². The summed E-state index contributed by atoms with van der Waals surface area (Å²) in [5.74, 6) is -1.43. The third-order valence-corrected chi connectivity index (χ3v) is 8.36.